The molecule has 2 nitrogen and oxygen atoms in total. The number of nitrogens with two attached hydrogens (primary N) is 1. The first-order valence-electron chi connectivity index (χ1n) is 5.14. The second kappa shape index (κ2) is 5.10. The average molecular weight is 271 g/mol. The van der Waals surface area contributed by atoms with Crippen LogP contribution in [0.15, 0.2) is 28.7 Å². The maximum atomic E-state index is 5.81. The molecule has 1 rings (SSSR count). The molecule has 0 aliphatic rings. The summed E-state index contributed by atoms with van der Waals surface area (Å²) in [4.78, 5) is 0. The standard InChI is InChI=1S/C12H19BrN2/c1-12(2,8-14)11(15-3)9-6-4-5-7-10(9)13/h4-7,11,15H,8,14H2,1-3H3. The van der Waals surface area contributed by atoms with E-state index in [9.17, 15) is 0 Å². The van der Waals surface area contributed by atoms with E-state index in [-0.39, 0.29) is 11.5 Å². The molecule has 0 amide bonds. The van der Waals surface area contributed by atoms with Crippen molar-refractivity contribution in [3.8, 4) is 0 Å². The van der Waals surface area contributed by atoms with Crippen molar-refractivity contribution >= 4 is 15.9 Å². The molecule has 0 bridgehead atoms. The highest BCUT2D eigenvalue weighted by atomic mass is 79.9. The van der Waals surface area contributed by atoms with E-state index in [4.69, 9.17) is 5.73 Å². The fourth-order valence-electron chi connectivity index (χ4n) is 1.79. The van der Waals surface area contributed by atoms with Crippen LogP contribution in [0.4, 0.5) is 0 Å². The maximum absolute atomic E-state index is 5.81. The quantitative estimate of drug-likeness (QED) is 0.883. The Morgan fingerprint density at radius 3 is 2.47 bits per heavy atom. The van der Waals surface area contributed by atoms with Crippen LogP contribution in [0.2, 0.25) is 0 Å². The van der Waals surface area contributed by atoms with Gasteiger partial charge in [0.2, 0.25) is 0 Å². The number of nitrogens with one attached hydrogen (secondary N) is 1. The Bertz CT molecular complexity index is 323. The molecule has 0 saturated carbocycles. The Hall–Kier alpha value is -0.380. The number of halogens is 1. The zero-order valence-electron chi connectivity index (χ0n) is 9.55. The van der Waals surface area contributed by atoms with Gasteiger partial charge in [-0.05, 0) is 30.6 Å². The Kier molecular flexibility index (Phi) is 4.32. The fraction of sp³-hybridized carbons (Fsp3) is 0.500. The van der Waals surface area contributed by atoms with Gasteiger partial charge in [0.15, 0.2) is 0 Å². The molecule has 0 aliphatic heterocycles. The minimum absolute atomic E-state index is 0.0403. The van der Waals surface area contributed by atoms with Gasteiger partial charge in [0, 0.05) is 10.5 Å². The molecular formula is C12H19BrN2. The van der Waals surface area contributed by atoms with Crippen LogP contribution < -0.4 is 11.1 Å². The number of rotatable bonds is 4. The van der Waals surface area contributed by atoms with Crippen LogP contribution in [0.3, 0.4) is 0 Å². The van der Waals surface area contributed by atoms with Crippen molar-refractivity contribution in [1.29, 1.82) is 0 Å². The summed E-state index contributed by atoms with van der Waals surface area (Å²) in [5.41, 5.74) is 7.11. The van der Waals surface area contributed by atoms with Gasteiger partial charge in [-0.15, -0.1) is 0 Å². The Balaban J connectivity index is 3.08. The van der Waals surface area contributed by atoms with Gasteiger partial charge in [-0.2, -0.15) is 0 Å². The summed E-state index contributed by atoms with van der Waals surface area (Å²) in [6.07, 6.45) is 0. The van der Waals surface area contributed by atoms with E-state index in [1.54, 1.807) is 0 Å². The van der Waals surface area contributed by atoms with Crippen molar-refractivity contribution in [3.05, 3.63) is 34.3 Å². The van der Waals surface area contributed by atoms with Crippen molar-refractivity contribution in [1.82, 2.24) is 5.32 Å². The van der Waals surface area contributed by atoms with Gasteiger partial charge < -0.3 is 11.1 Å². The molecule has 3 N–H and O–H groups in total. The van der Waals surface area contributed by atoms with Gasteiger partial charge >= 0.3 is 0 Å². The van der Waals surface area contributed by atoms with E-state index >= 15 is 0 Å². The van der Waals surface area contributed by atoms with Crippen LogP contribution in [0.5, 0.6) is 0 Å². The molecule has 0 spiro atoms. The summed E-state index contributed by atoms with van der Waals surface area (Å²) in [7, 11) is 1.97. The Labute approximate surface area is 100 Å². The lowest BCUT2D eigenvalue weighted by Gasteiger charge is -2.34. The van der Waals surface area contributed by atoms with Crippen molar-refractivity contribution in [2.45, 2.75) is 19.9 Å². The predicted molar refractivity (Wildman–Crippen MR) is 68.8 cm³/mol. The molecule has 15 heavy (non-hydrogen) atoms. The van der Waals surface area contributed by atoms with Crippen LogP contribution in [0.25, 0.3) is 0 Å². The molecule has 0 radical (unpaired) electrons. The molecular weight excluding hydrogens is 252 g/mol. The van der Waals surface area contributed by atoms with Crippen molar-refractivity contribution < 1.29 is 0 Å². The molecule has 0 fully saturated rings. The fourth-order valence-corrected chi connectivity index (χ4v) is 2.31. The molecule has 1 aromatic rings. The molecule has 0 saturated heterocycles. The van der Waals surface area contributed by atoms with Crippen LogP contribution in [0, 0.1) is 5.41 Å². The molecule has 0 heterocycles. The molecule has 1 atom stereocenters. The Morgan fingerprint density at radius 2 is 2.00 bits per heavy atom. The zero-order valence-corrected chi connectivity index (χ0v) is 11.1. The molecule has 0 aromatic heterocycles. The van der Waals surface area contributed by atoms with Gasteiger partial charge in [0.1, 0.15) is 0 Å². The third-order valence-corrected chi connectivity index (χ3v) is 3.53. The monoisotopic (exact) mass is 270 g/mol. The van der Waals surface area contributed by atoms with Crippen LogP contribution >= 0.6 is 15.9 Å². The van der Waals surface area contributed by atoms with Gasteiger partial charge in [-0.1, -0.05) is 48.0 Å². The van der Waals surface area contributed by atoms with Crippen molar-refractivity contribution in [3.63, 3.8) is 0 Å². The predicted octanol–water partition coefficient (Wildman–Crippen LogP) is 2.69. The van der Waals surface area contributed by atoms with Crippen LogP contribution in [-0.2, 0) is 0 Å². The van der Waals surface area contributed by atoms with E-state index in [0.717, 1.165) is 4.47 Å². The molecule has 0 aliphatic carbocycles. The summed E-state index contributed by atoms with van der Waals surface area (Å²) < 4.78 is 1.13. The first kappa shape index (κ1) is 12.7. The van der Waals surface area contributed by atoms with E-state index in [1.807, 2.05) is 13.1 Å². The van der Waals surface area contributed by atoms with E-state index in [1.165, 1.54) is 5.56 Å². The second-order valence-corrected chi connectivity index (χ2v) is 5.29. The topological polar surface area (TPSA) is 38.0 Å². The third-order valence-electron chi connectivity index (χ3n) is 2.81. The van der Waals surface area contributed by atoms with Crippen LogP contribution in [0.1, 0.15) is 25.5 Å². The smallest absolute Gasteiger partial charge is 0.0392 e. The van der Waals surface area contributed by atoms with Gasteiger partial charge in [-0.3, -0.25) is 0 Å². The second-order valence-electron chi connectivity index (χ2n) is 4.44. The minimum atomic E-state index is 0.0403. The zero-order chi connectivity index (χ0) is 11.5. The normalized spacial score (nSPS) is 13.9. The lowest BCUT2D eigenvalue weighted by Crippen LogP contribution is -2.37. The summed E-state index contributed by atoms with van der Waals surface area (Å²) in [5.74, 6) is 0. The van der Waals surface area contributed by atoms with E-state index < -0.39 is 0 Å². The highest BCUT2D eigenvalue weighted by Gasteiger charge is 2.29. The number of benzene rings is 1. The largest absolute Gasteiger partial charge is 0.330 e. The first-order chi connectivity index (χ1) is 7.03. The number of hydrogen-bond donors (Lipinski definition) is 2. The maximum Gasteiger partial charge on any atom is 0.0392 e. The highest BCUT2D eigenvalue weighted by molar-refractivity contribution is 9.10. The van der Waals surface area contributed by atoms with Crippen molar-refractivity contribution in [2.75, 3.05) is 13.6 Å². The molecule has 3 heteroatoms. The average Bonchev–Trinajstić information content (AvgIpc) is 2.21. The number of hydrogen-bond acceptors (Lipinski definition) is 2. The van der Waals surface area contributed by atoms with Gasteiger partial charge in [-0.25, -0.2) is 0 Å². The lowest BCUT2D eigenvalue weighted by molar-refractivity contribution is 0.265. The summed E-state index contributed by atoms with van der Waals surface area (Å²) >= 11 is 3.58. The molecule has 1 aromatic carbocycles. The first-order valence-corrected chi connectivity index (χ1v) is 5.94. The van der Waals surface area contributed by atoms with E-state index in [2.05, 4.69) is 53.3 Å². The summed E-state index contributed by atoms with van der Waals surface area (Å²) in [6.45, 7) is 5.00. The molecule has 84 valence electrons. The summed E-state index contributed by atoms with van der Waals surface area (Å²) in [5, 5.41) is 3.34. The Morgan fingerprint density at radius 1 is 1.40 bits per heavy atom. The van der Waals surface area contributed by atoms with Gasteiger partial charge in [0.05, 0.1) is 0 Å². The molecule has 1 unspecified atom stereocenters. The lowest BCUT2D eigenvalue weighted by atomic mass is 9.80. The van der Waals surface area contributed by atoms with Gasteiger partial charge in [0.25, 0.3) is 0 Å². The highest BCUT2D eigenvalue weighted by Crippen LogP contribution is 2.35. The minimum Gasteiger partial charge on any atom is -0.330 e. The summed E-state index contributed by atoms with van der Waals surface area (Å²) in [6, 6.07) is 8.53. The van der Waals surface area contributed by atoms with E-state index in [0.29, 0.717) is 6.54 Å². The SMILES string of the molecule is CNC(c1ccccc1Br)C(C)(C)CN. The van der Waals surface area contributed by atoms with Crippen molar-refractivity contribution in [2.24, 2.45) is 11.1 Å². The third kappa shape index (κ3) is 2.80. The van der Waals surface area contributed by atoms with Crippen LogP contribution in [-0.4, -0.2) is 13.6 Å².